The van der Waals surface area contributed by atoms with Gasteiger partial charge in [0, 0.05) is 5.56 Å². The van der Waals surface area contributed by atoms with E-state index in [4.69, 9.17) is 16.7 Å². The third-order valence-electron chi connectivity index (χ3n) is 2.50. The second-order valence-electron chi connectivity index (χ2n) is 4.14. The lowest BCUT2D eigenvalue weighted by atomic mass is 10.0. The van der Waals surface area contributed by atoms with Crippen molar-refractivity contribution in [1.29, 1.82) is 0 Å². The van der Waals surface area contributed by atoms with Crippen LogP contribution in [0.15, 0.2) is 18.2 Å². The maximum Gasteiger partial charge on any atom is 0.251 e. The molecule has 1 aromatic rings. The summed E-state index contributed by atoms with van der Waals surface area (Å²) in [6, 6.07) is 3.43. The van der Waals surface area contributed by atoms with Gasteiger partial charge in [0.25, 0.3) is 5.91 Å². The number of carbonyl (C=O) groups is 1. The fourth-order valence-electron chi connectivity index (χ4n) is 1.31. The topological polar surface area (TPSA) is 49.3 Å². The average Bonchev–Trinajstić information content (AvgIpc) is 2.28. The summed E-state index contributed by atoms with van der Waals surface area (Å²) >= 11 is 5.59. The number of rotatable bonds is 4. The zero-order valence-electron chi connectivity index (χ0n) is 9.71. The molecule has 0 aliphatic heterocycles. The number of carbonyl (C=O) groups excluding carboxylic acids is 1. The summed E-state index contributed by atoms with van der Waals surface area (Å²) < 4.78 is 12.9. The van der Waals surface area contributed by atoms with Gasteiger partial charge in [-0.2, -0.15) is 0 Å². The Kier molecular flexibility index (Phi) is 4.90. The lowest BCUT2D eigenvalue weighted by Crippen LogP contribution is -2.41. The van der Waals surface area contributed by atoms with Crippen molar-refractivity contribution in [2.45, 2.75) is 19.9 Å². The molecule has 0 heterocycles. The Bertz CT molecular complexity index is 409. The van der Waals surface area contributed by atoms with Gasteiger partial charge in [-0.3, -0.25) is 4.79 Å². The number of nitrogens with one attached hydrogen (secondary N) is 1. The molecule has 0 spiro atoms. The monoisotopic (exact) mass is 259 g/mol. The first-order valence-corrected chi connectivity index (χ1v) is 5.70. The molecule has 1 rings (SSSR count). The maximum absolute atomic E-state index is 12.9. The second kappa shape index (κ2) is 5.98. The van der Waals surface area contributed by atoms with E-state index >= 15 is 0 Å². The Morgan fingerprint density at radius 3 is 2.65 bits per heavy atom. The van der Waals surface area contributed by atoms with Crippen molar-refractivity contribution in [3.05, 3.63) is 34.6 Å². The minimum Gasteiger partial charge on any atom is -0.394 e. The van der Waals surface area contributed by atoms with Crippen LogP contribution in [-0.2, 0) is 0 Å². The molecule has 0 radical (unpaired) electrons. The summed E-state index contributed by atoms with van der Waals surface area (Å²) in [5, 5.41) is 11.7. The molecule has 1 atom stereocenters. The highest BCUT2D eigenvalue weighted by atomic mass is 35.5. The molecule has 0 saturated heterocycles. The van der Waals surface area contributed by atoms with Crippen molar-refractivity contribution >= 4 is 17.5 Å². The lowest BCUT2D eigenvalue weighted by Gasteiger charge is -2.19. The maximum atomic E-state index is 12.9. The van der Waals surface area contributed by atoms with Gasteiger partial charge in [0.2, 0.25) is 0 Å². The van der Waals surface area contributed by atoms with Crippen molar-refractivity contribution in [3.8, 4) is 0 Å². The van der Waals surface area contributed by atoms with Gasteiger partial charge in [-0.25, -0.2) is 4.39 Å². The molecule has 3 nitrogen and oxygen atoms in total. The molecule has 5 heteroatoms. The zero-order chi connectivity index (χ0) is 13.0. The minimum absolute atomic E-state index is 0.0947. The number of benzene rings is 1. The number of amides is 1. The predicted molar refractivity (Wildman–Crippen MR) is 64.6 cm³/mol. The highest BCUT2D eigenvalue weighted by Crippen LogP contribution is 2.16. The van der Waals surface area contributed by atoms with Crippen LogP contribution in [-0.4, -0.2) is 23.7 Å². The van der Waals surface area contributed by atoms with Gasteiger partial charge in [-0.1, -0.05) is 25.4 Å². The van der Waals surface area contributed by atoms with Gasteiger partial charge in [0.15, 0.2) is 0 Å². The van der Waals surface area contributed by atoms with E-state index in [9.17, 15) is 9.18 Å². The van der Waals surface area contributed by atoms with Gasteiger partial charge in [-0.05, 0) is 24.1 Å². The lowest BCUT2D eigenvalue weighted by molar-refractivity contribution is 0.0897. The fraction of sp³-hybridized carbons (Fsp3) is 0.417. The SMILES string of the molecule is CC(C)[C@@H](CO)NC(=O)c1ccc(F)c(Cl)c1. The molecule has 1 aromatic carbocycles. The summed E-state index contributed by atoms with van der Waals surface area (Å²) in [6.45, 7) is 3.63. The van der Waals surface area contributed by atoms with E-state index in [0.29, 0.717) is 0 Å². The highest BCUT2D eigenvalue weighted by molar-refractivity contribution is 6.31. The summed E-state index contributed by atoms with van der Waals surface area (Å²) in [7, 11) is 0. The van der Waals surface area contributed by atoms with Gasteiger partial charge in [-0.15, -0.1) is 0 Å². The first-order valence-electron chi connectivity index (χ1n) is 5.32. The third kappa shape index (κ3) is 3.68. The molecule has 0 aromatic heterocycles. The molecule has 0 aliphatic carbocycles. The molecule has 94 valence electrons. The number of halogens is 2. The summed E-state index contributed by atoms with van der Waals surface area (Å²) in [5.41, 5.74) is 0.274. The van der Waals surface area contributed by atoms with Crippen LogP contribution >= 0.6 is 11.6 Å². The van der Waals surface area contributed by atoms with Crippen molar-refractivity contribution in [1.82, 2.24) is 5.32 Å². The molecule has 2 N–H and O–H groups in total. The van der Waals surface area contributed by atoms with Crippen LogP contribution in [0, 0.1) is 11.7 Å². The molecular weight excluding hydrogens is 245 g/mol. The number of hydrogen-bond donors (Lipinski definition) is 2. The van der Waals surface area contributed by atoms with Crippen molar-refractivity contribution < 1.29 is 14.3 Å². The van der Waals surface area contributed by atoms with E-state index < -0.39 is 5.82 Å². The Morgan fingerprint density at radius 1 is 1.53 bits per heavy atom. The summed E-state index contributed by atoms with van der Waals surface area (Å²) in [4.78, 5) is 11.8. The minimum atomic E-state index is -0.564. The molecule has 0 fully saturated rings. The largest absolute Gasteiger partial charge is 0.394 e. The number of aliphatic hydroxyl groups excluding tert-OH is 1. The molecule has 0 saturated carbocycles. The van der Waals surface area contributed by atoms with Gasteiger partial charge >= 0.3 is 0 Å². The van der Waals surface area contributed by atoms with Gasteiger partial charge < -0.3 is 10.4 Å². The Balaban J connectivity index is 2.79. The number of hydrogen-bond acceptors (Lipinski definition) is 2. The Labute approximate surface area is 105 Å². The van der Waals surface area contributed by atoms with Crippen LogP contribution in [0.3, 0.4) is 0 Å². The van der Waals surface area contributed by atoms with Gasteiger partial charge in [0.05, 0.1) is 17.7 Å². The van der Waals surface area contributed by atoms with E-state index in [1.807, 2.05) is 13.8 Å². The zero-order valence-corrected chi connectivity index (χ0v) is 10.5. The van der Waals surface area contributed by atoms with Crippen LogP contribution in [0.25, 0.3) is 0 Å². The first kappa shape index (κ1) is 13.9. The molecule has 0 unspecified atom stereocenters. The van der Waals surface area contributed by atoms with Crippen LogP contribution in [0.2, 0.25) is 5.02 Å². The molecule has 1 amide bonds. The van der Waals surface area contributed by atoms with E-state index in [1.54, 1.807) is 0 Å². The fourth-order valence-corrected chi connectivity index (χ4v) is 1.49. The van der Waals surface area contributed by atoms with E-state index in [-0.39, 0.29) is 35.1 Å². The highest BCUT2D eigenvalue weighted by Gasteiger charge is 2.16. The van der Waals surface area contributed by atoms with E-state index in [2.05, 4.69) is 5.32 Å². The van der Waals surface area contributed by atoms with E-state index in [1.165, 1.54) is 12.1 Å². The summed E-state index contributed by atoms with van der Waals surface area (Å²) in [6.07, 6.45) is 0. The normalized spacial score (nSPS) is 12.6. The van der Waals surface area contributed by atoms with Crippen molar-refractivity contribution in [2.24, 2.45) is 5.92 Å². The quantitative estimate of drug-likeness (QED) is 0.871. The van der Waals surface area contributed by atoms with Crippen LogP contribution in [0.1, 0.15) is 24.2 Å². The predicted octanol–water partition coefficient (Wildman–Crippen LogP) is 2.23. The molecule has 0 bridgehead atoms. The van der Waals surface area contributed by atoms with Crippen LogP contribution < -0.4 is 5.32 Å². The Morgan fingerprint density at radius 2 is 2.18 bits per heavy atom. The average molecular weight is 260 g/mol. The Hall–Kier alpha value is -1.13. The molecule has 0 aliphatic rings. The van der Waals surface area contributed by atoms with Crippen molar-refractivity contribution in [2.75, 3.05) is 6.61 Å². The molecular formula is C12H15ClFNO2. The third-order valence-corrected chi connectivity index (χ3v) is 2.79. The smallest absolute Gasteiger partial charge is 0.251 e. The second-order valence-corrected chi connectivity index (χ2v) is 4.54. The number of aliphatic hydroxyl groups is 1. The van der Waals surface area contributed by atoms with Gasteiger partial charge in [0.1, 0.15) is 5.82 Å². The van der Waals surface area contributed by atoms with Crippen molar-refractivity contribution in [3.63, 3.8) is 0 Å². The van der Waals surface area contributed by atoms with Crippen LogP contribution in [0.5, 0.6) is 0 Å². The first-order chi connectivity index (χ1) is 7.95. The van der Waals surface area contributed by atoms with Crippen LogP contribution in [0.4, 0.5) is 4.39 Å². The van der Waals surface area contributed by atoms with E-state index in [0.717, 1.165) is 6.07 Å². The standard InChI is InChI=1S/C12H15ClFNO2/c1-7(2)11(6-16)15-12(17)8-3-4-10(14)9(13)5-8/h3-5,7,11,16H,6H2,1-2H3,(H,15,17)/t11-/m1/s1. The molecule has 17 heavy (non-hydrogen) atoms. The summed E-state index contributed by atoms with van der Waals surface area (Å²) in [5.74, 6) is -0.828.